The summed E-state index contributed by atoms with van der Waals surface area (Å²) in [6.45, 7) is 3.74. The minimum atomic E-state index is 0.368. The molecule has 0 spiro atoms. The zero-order valence-electron chi connectivity index (χ0n) is 10.6. The maximum Gasteiger partial charge on any atom is 0.0453 e. The lowest BCUT2D eigenvalue weighted by molar-refractivity contribution is 0.508. The van der Waals surface area contributed by atoms with Gasteiger partial charge in [-0.2, -0.15) is 0 Å². The number of allylic oxidation sites excluding steroid dienone is 1. The van der Waals surface area contributed by atoms with E-state index in [1.807, 2.05) is 31.3 Å². The van der Waals surface area contributed by atoms with Gasteiger partial charge in [0.05, 0.1) is 0 Å². The maximum absolute atomic E-state index is 6.21. The maximum atomic E-state index is 6.21. The van der Waals surface area contributed by atoms with Crippen LogP contribution in [0.5, 0.6) is 0 Å². The Hall–Kier alpha value is -0.790. The molecule has 2 heteroatoms. The van der Waals surface area contributed by atoms with E-state index in [0.29, 0.717) is 6.04 Å². The van der Waals surface area contributed by atoms with Gasteiger partial charge in [0.2, 0.25) is 0 Å². The van der Waals surface area contributed by atoms with Crippen molar-refractivity contribution in [2.75, 3.05) is 7.05 Å². The fourth-order valence-electron chi connectivity index (χ4n) is 2.03. The molecule has 0 saturated heterocycles. The van der Waals surface area contributed by atoms with Gasteiger partial charge in [0.1, 0.15) is 0 Å². The van der Waals surface area contributed by atoms with E-state index in [2.05, 4.69) is 18.0 Å². The van der Waals surface area contributed by atoms with Crippen molar-refractivity contribution >= 4 is 11.6 Å². The Labute approximate surface area is 110 Å². The molecule has 1 atom stereocenters. The van der Waals surface area contributed by atoms with Crippen LogP contribution in [0, 0.1) is 0 Å². The Morgan fingerprint density at radius 3 is 2.71 bits per heavy atom. The molecule has 94 valence electrons. The molecule has 0 fully saturated rings. The number of halogens is 1. The van der Waals surface area contributed by atoms with Gasteiger partial charge in [-0.05, 0) is 37.9 Å². The summed E-state index contributed by atoms with van der Waals surface area (Å²) in [5.74, 6) is 0. The summed E-state index contributed by atoms with van der Waals surface area (Å²) in [4.78, 5) is 0. The van der Waals surface area contributed by atoms with Crippen molar-refractivity contribution in [3.63, 3.8) is 0 Å². The third-order valence-electron chi connectivity index (χ3n) is 3.03. The third-order valence-corrected chi connectivity index (χ3v) is 3.37. The second kappa shape index (κ2) is 8.32. The van der Waals surface area contributed by atoms with E-state index < -0.39 is 0 Å². The van der Waals surface area contributed by atoms with Crippen LogP contribution in [0.25, 0.3) is 0 Å². The summed E-state index contributed by atoms with van der Waals surface area (Å²) in [6.07, 6.45) is 7.97. The highest BCUT2D eigenvalue weighted by molar-refractivity contribution is 6.31. The molecular formula is C15H22ClN. The lowest BCUT2D eigenvalue weighted by Crippen LogP contribution is -2.16. The number of nitrogens with one attached hydrogen (secondary N) is 1. The van der Waals surface area contributed by atoms with E-state index >= 15 is 0 Å². The lowest BCUT2D eigenvalue weighted by Gasteiger charge is -2.17. The van der Waals surface area contributed by atoms with Crippen LogP contribution < -0.4 is 5.32 Å². The molecule has 0 aliphatic carbocycles. The Balaban J connectivity index is 2.43. The van der Waals surface area contributed by atoms with Crippen molar-refractivity contribution in [2.45, 2.75) is 38.1 Å². The summed E-state index contributed by atoms with van der Waals surface area (Å²) in [5, 5.41) is 4.20. The first-order valence-corrected chi connectivity index (χ1v) is 6.70. The number of hydrogen-bond donors (Lipinski definition) is 1. The molecule has 1 aromatic carbocycles. The summed E-state index contributed by atoms with van der Waals surface area (Å²) in [5.41, 5.74) is 1.21. The minimum absolute atomic E-state index is 0.368. The van der Waals surface area contributed by atoms with Crippen LogP contribution >= 0.6 is 11.6 Å². The second-order valence-corrected chi connectivity index (χ2v) is 4.70. The van der Waals surface area contributed by atoms with Gasteiger partial charge in [-0.3, -0.25) is 0 Å². The topological polar surface area (TPSA) is 12.0 Å². The van der Waals surface area contributed by atoms with Crippen LogP contribution in [0.4, 0.5) is 0 Å². The average molecular weight is 252 g/mol. The molecule has 0 heterocycles. The number of hydrogen-bond acceptors (Lipinski definition) is 1. The Morgan fingerprint density at radius 1 is 1.29 bits per heavy atom. The van der Waals surface area contributed by atoms with Crippen molar-refractivity contribution in [1.82, 2.24) is 5.32 Å². The fourth-order valence-corrected chi connectivity index (χ4v) is 2.29. The molecule has 0 saturated carbocycles. The van der Waals surface area contributed by atoms with Crippen LogP contribution in [0.1, 0.15) is 43.7 Å². The van der Waals surface area contributed by atoms with E-state index in [-0.39, 0.29) is 0 Å². The largest absolute Gasteiger partial charge is 0.313 e. The van der Waals surface area contributed by atoms with Gasteiger partial charge in [-0.15, -0.1) is 6.58 Å². The summed E-state index contributed by atoms with van der Waals surface area (Å²) >= 11 is 6.21. The Bertz CT molecular complexity index is 335. The van der Waals surface area contributed by atoms with Crippen LogP contribution in [-0.4, -0.2) is 7.05 Å². The zero-order valence-corrected chi connectivity index (χ0v) is 11.3. The van der Waals surface area contributed by atoms with Crippen LogP contribution in [0.2, 0.25) is 5.02 Å². The second-order valence-electron chi connectivity index (χ2n) is 4.29. The van der Waals surface area contributed by atoms with E-state index in [0.717, 1.165) is 17.9 Å². The highest BCUT2D eigenvalue weighted by atomic mass is 35.5. The van der Waals surface area contributed by atoms with Crippen LogP contribution in [-0.2, 0) is 0 Å². The van der Waals surface area contributed by atoms with Gasteiger partial charge in [0, 0.05) is 11.1 Å². The lowest BCUT2D eigenvalue weighted by atomic mass is 10.00. The van der Waals surface area contributed by atoms with E-state index in [1.165, 1.54) is 24.8 Å². The van der Waals surface area contributed by atoms with E-state index in [4.69, 9.17) is 11.6 Å². The number of rotatable bonds is 8. The molecule has 17 heavy (non-hydrogen) atoms. The van der Waals surface area contributed by atoms with Crippen molar-refractivity contribution in [3.05, 3.63) is 47.5 Å². The summed E-state index contributed by atoms with van der Waals surface area (Å²) in [7, 11) is 2.00. The Kier molecular flexibility index (Phi) is 6.99. The van der Waals surface area contributed by atoms with Gasteiger partial charge in [0.25, 0.3) is 0 Å². The zero-order chi connectivity index (χ0) is 12.5. The highest BCUT2D eigenvalue weighted by Gasteiger charge is 2.11. The fraction of sp³-hybridized carbons (Fsp3) is 0.467. The first-order valence-electron chi connectivity index (χ1n) is 6.32. The van der Waals surface area contributed by atoms with E-state index in [9.17, 15) is 0 Å². The number of benzene rings is 1. The molecule has 0 radical (unpaired) electrons. The predicted molar refractivity (Wildman–Crippen MR) is 76.5 cm³/mol. The molecule has 0 aliphatic heterocycles. The summed E-state index contributed by atoms with van der Waals surface area (Å²) < 4.78 is 0. The minimum Gasteiger partial charge on any atom is -0.313 e. The van der Waals surface area contributed by atoms with Crippen LogP contribution in [0.3, 0.4) is 0 Å². The van der Waals surface area contributed by atoms with Gasteiger partial charge in [-0.25, -0.2) is 0 Å². The monoisotopic (exact) mass is 251 g/mol. The van der Waals surface area contributed by atoms with Crippen molar-refractivity contribution in [1.29, 1.82) is 0 Å². The predicted octanol–water partition coefficient (Wildman–Crippen LogP) is 4.74. The highest BCUT2D eigenvalue weighted by Crippen LogP contribution is 2.26. The molecule has 1 N–H and O–H groups in total. The van der Waals surface area contributed by atoms with Gasteiger partial charge < -0.3 is 5.32 Å². The smallest absolute Gasteiger partial charge is 0.0453 e. The summed E-state index contributed by atoms with van der Waals surface area (Å²) in [6, 6.07) is 8.45. The first kappa shape index (κ1) is 14.3. The molecule has 0 amide bonds. The molecule has 1 nitrogen and oxygen atoms in total. The quantitative estimate of drug-likeness (QED) is 0.520. The van der Waals surface area contributed by atoms with Crippen LogP contribution in [0.15, 0.2) is 36.9 Å². The van der Waals surface area contributed by atoms with Gasteiger partial charge >= 0.3 is 0 Å². The number of unbranched alkanes of at least 4 members (excludes halogenated alkanes) is 3. The SMILES string of the molecule is C=CCCCCCC(NC)c1ccccc1Cl. The van der Waals surface area contributed by atoms with Crippen molar-refractivity contribution in [3.8, 4) is 0 Å². The molecule has 0 aliphatic rings. The molecular weight excluding hydrogens is 230 g/mol. The molecule has 1 aromatic rings. The molecule has 0 bridgehead atoms. The van der Waals surface area contributed by atoms with Crippen molar-refractivity contribution in [2.24, 2.45) is 0 Å². The van der Waals surface area contributed by atoms with Crippen molar-refractivity contribution < 1.29 is 0 Å². The molecule has 1 unspecified atom stereocenters. The normalized spacial score (nSPS) is 12.4. The standard InChI is InChI=1S/C15H22ClN/c1-3-4-5-6-7-12-15(17-2)13-10-8-9-11-14(13)16/h3,8-11,15,17H,1,4-7,12H2,2H3. The molecule has 1 rings (SSSR count). The van der Waals surface area contributed by atoms with Gasteiger partial charge in [-0.1, -0.05) is 48.7 Å². The van der Waals surface area contributed by atoms with Gasteiger partial charge in [0.15, 0.2) is 0 Å². The average Bonchev–Trinajstić information content (AvgIpc) is 2.35. The molecule has 0 aromatic heterocycles. The Morgan fingerprint density at radius 2 is 2.06 bits per heavy atom. The third kappa shape index (κ3) is 4.93. The van der Waals surface area contributed by atoms with E-state index in [1.54, 1.807) is 0 Å². The first-order chi connectivity index (χ1) is 8.29.